The molecule has 4 heteroatoms. The van der Waals surface area contributed by atoms with Gasteiger partial charge >= 0.3 is 0 Å². The molecule has 0 bridgehead atoms. The lowest BCUT2D eigenvalue weighted by Crippen LogP contribution is -2.13. The molecule has 0 amide bonds. The number of fused-ring (bicyclic) bond motifs is 1. The quantitative estimate of drug-likeness (QED) is 0.776. The van der Waals surface area contributed by atoms with Gasteiger partial charge in [-0.3, -0.25) is 4.98 Å². The molecular weight excluding hydrogens is 320 g/mol. The average molecular weight is 333 g/mol. The third-order valence-electron chi connectivity index (χ3n) is 3.18. The van der Waals surface area contributed by atoms with E-state index >= 15 is 0 Å². The van der Waals surface area contributed by atoms with Gasteiger partial charge in [-0.1, -0.05) is 18.2 Å². The van der Waals surface area contributed by atoms with Crippen LogP contribution in [0.4, 0.5) is 0 Å². The molecule has 96 valence electrons. The van der Waals surface area contributed by atoms with E-state index in [1.807, 2.05) is 30.5 Å². The fourth-order valence-corrected chi connectivity index (χ4v) is 3.80. The van der Waals surface area contributed by atoms with Crippen LogP contribution in [0, 0.1) is 0 Å². The van der Waals surface area contributed by atoms with Crippen LogP contribution in [0.25, 0.3) is 10.9 Å². The number of para-hydroxylation sites is 1. The van der Waals surface area contributed by atoms with Gasteiger partial charge in [0.15, 0.2) is 0 Å². The summed E-state index contributed by atoms with van der Waals surface area (Å²) < 4.78 is 1.14. The third kappa shape index (κ3) is 2.56. The molecule has 2 heterocycles. The maximum Gasteiger partial charge on any atom is 0.0705 e. The Hall–Kier alpha value is -1.23. The molecule has 0 fully saturated rings. The number of thiophene rings is 1. The van der Waals surface area contributed by atoms with Crippen LogP contribution < -0.4 is 5.73 Å². The van der Waals surface area contributed by atoms with Crippen molar-refractivity contribution in [1.82, 2.24) is 4.98 Å². The Balaban J connectivity index is 1.98. The summed E-state index contributed by atoms with van der Waals surface area (Å²) in [5.41, 5.74) is 8.54. The van der Waals surface area contributed by atoms with Crippen LogP contribution in [0.2, 0.25) is 0 Å². The van der Waals surface area contributed by atoms with E-state index in [1.54, 1.807) is 11.3 Å². The number of halogens is 1. The molecule has 1 aromatic carbocycles. The maximum atomic E-state index is 6.38. The first-order chi connectivity index (χ1) is 9.25. The Bertz CT molecular complexity index is 703. The molecule has 2 nitrogen and oxygen atoms in total. The van der Waals surface area contributed by atoms with Crippen molar-refractivity contribution < 1.29 is 0 Å². The van der Waals surface area contributed by atoms with Crippen LogP contribution in [-0.2, 0) is 6.42 Å². The zero-order valence-corrected chi connectivity index (χ0v) is 12.6. The van der Waals surface area contributed by atoms with Gasteiger partial charge in [-0.15, -0.1) is 11.3 Å². The summed E-state index contributed by atoms with van der Waals surface area (Å²) >= 11 is 5.30. The fourth-order valence-electron chi connectivity index (χ4n) is 2.22. The largest absolute Gasteiger partial charge is 0.324 e. The van der Waals surface area contributed by atoms with Crippen LogP contribution in [0.3, 0.4) is 0 Å². The molecule has 3 aromatic rings. The van der Waals surface area contributed by atoms with E-state index in [4.69, 9.17) is 5.73 Å². The second-order valence-electron chi connectivity index (χ2n) is 4.42. The van der Waals surface area contributed by atoms with Crippen LogP contribution >= 0.6 is 27.3 Å². The van der Waals surface area contributed by atoms with Crippen LogP contribution in [-0.4, -0.2) is 4.98 Å². The predicted octanol–water partition coefficient (Wildman–Crippen LogP) is 4.30. The summed E-state index contributed by atoms with van der Waals surface area (Å²) in [4.78, 5) is 5.66. The topological polar surface area (TPSA) is 38.9 Å². The van der Waals surface area contributed by atoms with Gasteiger partial charge in [0.1, 0.15) is 0 Å². The number of aromatic nitrogens is 1. The molecule has 1 unspecified atom stereocenters. The van der Waals surface area contributed by atoms with Gasteiger partial charge in [0.2, 0.25) is 0 Å². The number of benzene rings is 1. The van der Waals surface area contributed by atoms with Gasteiger partial charge in [-0.2, -0.15) is 0 Å². The molecule has 3 rings (SSSR count). The molecule has 0 aliphatic heterocycles. The maximum absolute atomic E-state index is 6.38. The van der Waals surface area contributed by atoms with E-state index in [0.717, 1.165) is 27.4 Å². The lowest BCUT2D eigenvalue weighted by Gasteiger charge is -2.13. The number of hydrogen-bond acceptors (Lipinski definition) is 3. The van der Waals surface area contributed by atoms with Crippen LogP contribution in [0.1, 0.15) is 16.5 Å². The summed E-state index contributed by atoms with van der Waals surface area (Å²) in [6.45, 7) is 0. The normalized spacial score (nSPS) is 12.7. The summed E-state index contributed by atoms with van der Waals surface area (Å²) in [5.74, 6) is 0. The smallest absolute Gasteiger partial charge is 0.0705 e. The minimum absolute atomic E-state index is 0.0113. The highest BCUT2D eigenvalue weighted by molar-refractivity contribution is 9.10. The standard InChI is InChI=1S/C15H13BrN2S/c16-12-6-8-19-15(12)9-13(17)10-5-7-18-14-4-2-1-3-11(10)14/h1-8,13H,9,17H2. The Morgan fingerprint density at radius 3 is 2.84 bits per heavy atom. The summed E-state index contributed by atoms with van der Waals surface area (Å²) in [5, 5.41) is 3.22. The van der Waals surface area contributed by atoms with Crippen molar-refractivity contribution in [1.29, 1.82) is 0 Å². The summed E-state index contributed by atoms with van der Waals surface area (Å²) in [7, 11) is 0. The first-order valence-corrected chi connectivity index (χ1v) is 7.74. The molecule has 0 saturated heterocycles. The van der Waals surface area contributed by atoms with Crippen molar-refractivity contribution in [2.45, 2.75) is 12.5 Å². The number of rotatable bonds is 3. The summed E-state index contributed by atoms with van der Waals surface area (Å²) in [6, 6.07) is 12.2. The van der Waals surface area contributed by atoms with Crippen LogP contribution in [0.15, 0.2) is 52.4 Å². The predicted molar refractivity (Wildman–Crippen MR) is 84.4 cm³/mol. The number of nitrogens with two attached hydrogens (primary N) is 1. The first-order valence-electron chi connectivity index (χ1n) is 6.07. The second kappa shape index (κ2) is 5.41. The fraction of sp³-hybridized carbons (Fsp3) is 0.133. The first kappa shape index (κ1) is 12.8. The van der Waals surface area contributed by atoms with Gasteiger partial charge in [-0.25, -0.2) is 0 Å². The van der Waals surface area contributed by atoms with Crippen molar-refractivity contribution >= 4 is 38.2 Å². The summed E-state index contributed by atoms with van der Waals surface area (Å²) in [6.07, 6.45) is 2.67. The molecule has 2 aromatic heterocycles. The van der Waals surface area contributed by atoms with Crippen molar-refractivity contribution in [3.63, 3.8) is 0 Å². The van der Waals surface area contributed by atoms with Gasteiger partial charge in [0.05, 0.1) is 5.52 Å². The molecule has 0 aliphatic rings. The van der Waals surface area contributed by atoms with Gasteiger partial charge in [-0.05, 0) is 45.1 Å². The molecule has 0 saturated carbocycles. The van der Waals surface area contributed by atoms with Crippen molar-refractivity contribution in [2.75, 3.05) is 0 Å². The lowest BCUT2D eigenvalue weighted by atomic mass is 10.00. The highest BCUT2D eigenvalue weighted by atomic mass is 79.9. The second-order valence-corrected chi connectivity index (χ2v) is 6.27. The lowest BCUT2D eigenvalue weighted by molar-refractivity contribution is 0.734. The van der Waals surface area contributed by atoms with Crippen molar-refractivity contribution in [3.8, 4) is 0 Å². The number of hydrogen-bond donors (Lipinski definition) is 1. The van der Waals surface area contributed by atoms with Gasteiger partial charge in [0, 0.05) is 33.4 Å². The molecule has 1 atom stereocenters. The molecule has 0 spiro atoms. The highest BCUT2D eigenvalue weighted by Crippen LogP contribution is 2.29. The Kier molecular flexibility index (Phi) is 3.64. The Labute approximate surface area is 124 Å². The minimum Gasteiger partial charge on any atom is -0.324 e. The van der Waals surface area contributed by atoms with Crippen molar-refractivity contribution in [3.05, 3.63) is 62.9 Å². The Morgan fingerprint density at radius 1 is 1.21 bits per heavy atom. The van der Waals surface area contributed by atoms with E-state index in [-0.39, 0.29) is 6.04 Å². The molecule has 0 radical (unpaired) electrons. The third-order valence-corrected chi connectivity index (χ3v) is 5.13. The van der Waals surface area contributed by atoms with Crippen molar-refractivity contribution in [2.24, 2.45) is 5.73 Å². The zero-order chi connectivity index (χ0) is 13.2. The zero-order valence-electron chi connectivity index (χ0n) is 10.2. The monoisotopic (exact) mass is 332 g/mol. The van der Waals surface area contributed by atoms with Crippen LogP contribution in [0.5, 0.6) is 0 Å². The molecule has 2 N–H and O–H groups in total. The minimum atomic E-state index is -0.0113. The average Bonchev–Trinajstić information content (AvgIpc) is 2.83. The molecular formula is C15H13BrN2S. The number of pyridine rings is 1. The van der Waals surface area contributed by atoms with E-state index in [1.165, 1.54) is 4.88 Å². The molecule has 0 aliphatic carbocycles. The van der Waals surface area contributed by atoms with E-state index in [0.29, 0.717) is 0 Å². The van der Waals surface area contributed by atoms with Gasteiger partial charge in [0.25, 0.3) is 0 Å². The Morgan fingerprint density at radius 2 is 2.05 bits per heavy atom. The van der Waals surface area contributed by atoms with E-state index in [2.05, 4.69) is 38.4 Å². The number of nitrogens with zero attached hydrogens (tertiary/aromatic N) is 1. The van der Waals surface area contributed by atoms with Gasteiger partial charge < -0.3 is 5.73 Å². The molecule has 19 heavy (non-hydrogen) atoms. The van der Waals surface area contributed by atoms with E-state index < -0.39 is 0 Å². The SMILES string of the molecule is NC(Cc1sccc1Br)c1ccnc2ccccc12. The van der Waals surface area contributed by atoms with E-state index in [9.17, 15) is 0 Å². The highest BCUT2D eigenvalue weighted by Gasteiger charge is 2.13.